The number of allylic oxidation sites excluding steroid dienone is 1. The van der Waals surface area contributed by atoms with E-state index < -0.39 is 0 Å². The summed E-state index contributed by atoms with van der Waals surface area (Å²) in [5.41, 5.74) is 4.58. The molecule has 4 bridgehead atoms. The summed E-state index contributed by atoms with van der Waals surface area (Å²) in [7, 11) is 0. The summed E-state index contributed by atoms with van der Waals surface area (Å²) < 4.78 is 0. The standard InChI is InChI=1S/C22H24O2/c23-21-17-7-5-15(11-17)19(21)9-13-1-2-14(4-3-13)10-20-16-6-8-18(12-16)22(20)24/h1-4,9-10,15-18,21,23H,5-8,11-12H2/b19-9+,20-10+. The Kier molecular flexibility index (Phi) is 3.31. The highest BCUT2D eigenvalue weighted by Gasteiger charge is 2.43. The largest absolute Gasteiger partial charge is 0.388 e. The number of ketones is 1. The zero-order valence-electron chi connectivity index (χ0n) is 13.9. The third kappa shape index (κ3) is 2.23. The fraction of sp³-hybridized carbons (Fsp3) is 0.500. The third-order valence-corrected chi connectivity index (χ3v) is 6.85. The van der Waals surface area contributed by atoms with E-state index >= 15 is 0 Å². The first-order valence-corrected chi connectivity index (χ1v) is 9.44. The molecule has 0 spiro atoms. The molecular formula is C22H24O2. The smallest absolute Gasteiger partial charge is 0.162 e. The number of aliphatic hydroxyl groups excluding tert-OH is 1. The Morgan fingerprint density at radius 2 is 1.50 bits per heavy atom. The maximum Gasteiger partial charge on any atom is 0.162 e. The molecule has 124 valence electrons. The second kappa shape index (κ2) is 5.42. The quantitative estimate of drug-likeness (QED) is 0.827. The van der Waals surface area contributed by atoms with Crippen LogP contribution in [0, 0.1) is 23.7 Å². The lowest BCUT2D eigenvalue weighted by Gasteiger charge is -2.20. The molecule has 5 atom stereocenters. The molecule has 4 fully saturated rings. The number of rotatable bonds is 2. The summed E-state index contributed by atoms with van der Waals surface area (Å²) >= 11 is 0. The number of carbonyl (C=O) groups excluding carboxylic acids is 1. The number of hydrogen-bond donors (Lipinski definition) is 1. The average Bonchev–Trinajstić information content (AvgIpc) is 3.34. The molecule has 2 heteroatoms. The molecule has 0 amide bonds. The molecule has 4 aliphatic rings. The van der Waals surface area contributed by atoms with Crippen molar-refractivity contribution in [2.24, 2.45) is 23.7 Å². The highest BCUT2D eigenvalue weighted by molar-refractivity contribution is 6.04. The number of Topliss-reactive ketones (excluding diaryl/α,β-unsaturated/α-hetero) is 1. The third-order valence-electron chi connectivity index (χ3n) is 6.85. The van der Waals surface area contributed by atoms with E-state index in [2.05, 4.69) is 36.4 Å². The van der Waals surface area contributed by atoms with Crippen LogP contribution in [-0.2, 0) is 4.79 Å². The molecule has 1 N–H and O–H groups in total. The van der Waals surface area contributed by atoms with E-state index in [1.807, 2.05) is 0 Å². The lowest BCUT2D eigenvalue weighted by Crippen LogP contribution is -2.18. The van der Waals surface area contributed by atoms with Gasteiger partial charge in [-0.25, -0.2) is 0 Å². The first-order valence-electron chi connectivity index (χ1n) is 9.44. The zero-order chi connectivity index (χ0) is 16.3. The van der Waals surface area contributed by atoms with Gasteiger partial charge in [0.05, 0.1) is 6.10 Å². The van der Waals surface area contributed by atoms with Crippen LogP contribution in [0.2, 0.25) is 0 Å². The Morgan fingerprint density at radius 1 is 0.833 bits per heavy atom. The van der Waals surface area contributed by atoms with Gasteiger partial charge in [0.15, 0.2) is 5.78 Å². The number of hydrogen-bond acceptors (Lipinski definition) is 2. The number of benzene rings is 1. The van der Waals surface area contributed by atoms with Gasteiger partial charge < -0.3 is 5.11 Å². The molecule has 2 nitrogen and oxygen atoms in total. The van der Waals surface area contributed by atoms with Crippen LogP contribution < -0.4 is 0 Å². The van der Waals surface area contributed by atoms with Crippen molar-refractivity contribution in [2.75, 3.05) is 0 Å². The molecule has 0 heterocycles. The van der Waals surface area contributed by atoms with E-state index in [-0.39, 0.29) is 6.10 Å². The molecule has 0 saturated heterocycles. The molecule has 5 rings (SSSR count). The van der Waals surface area contributed by atoms with E-state index in [1.165, 1.54) is 31.3 Å². The summed E-state index contributed by atoms with van der Waals surface area (Å²) in [6.07, 6.45) is 11.0. The summed E-state index contributed by atoms with van der Waals surface area (Å²) in [6, 6.07) is 8.46. The minimum absolute atomic E-state index is 0.225. The molecular weight excluding hydrogens is 296 g/mol. The van der Waals surface area contributed by atoms with Crippen LogP contribution in [0.25, 0.3) is 12.2 Å². The average molecular weight is 320 g/mol. The van der Waals surface area contributed by atoms with Gasteiger partial charge in [-0.05, 0) is 84.6 Å². The molecule has 4 aliphatic carbocycles. The van der Waals surface area contributed by atoms with Gasteiger partial charge >= 0.3 is 0 Å². The van der Waals surface area contributed by atoms with Gasteiger partial charge in [0.2, 0.25) is 0 Å². The van der Waals surface area contributed by atoms with Crippen LogP contribution in [0.5, 0.6) is 0 Å². The number of carbonyl (C=O) groups is 1. The fourth-order valence-electron chi connectivity index (χ4n) is 5.51. The fourth-order valence-corrected chi connectivity index (χ4v) is 5.51. The summed E-state index contributed by atoms with van der Waals surface area (Å²) in [5.74, 6) is 2.30. The van der Waals surface area contributed by atoms with Gasteiger partial charge in [-0.1, -0.05) is 30.3 Å². The predicted molar refractivity (Wildman–Crippen MR) is 95.1 cm³/mol. The monoisotopic (exact) mass is 320 g/mol. The first kappa shape index (κ1) is 14.7. The maximum atomic E-state index is 12.3. The van der Waals surface area contributed by atoms with Crippen molar-refractivity contribution in [3.63, 3.8) is 0 Å². The topological polar surface area (TPSA) is 37.3 Å². The Morgan fingerprint density at radius 3 is 2.12 bits per heavy atom. The highest BCUT2D eigenvalue weighted by atomic mass is 16.3. The summed E-state index contributed by atoms with van der Waals surface area (Å²) in [5, 5.41) is 10.4. The Labute approximate surface area is 143 Å². The van der Waals surface area contributed by atoms with Crippen LogP contribution in [-0.4, -0.2) is 17.0 Å². The normalized spacial score (nSPS) is 40.4. The van der Waals surface area contributed by atoms with Crippen LogP contribution >= 0.6 is 0 Å². The van der Waals surface area contributed by atoms with Crippen LogP contribution in [0.4, 0.5) is 0 Å². The van der Waals surface area contributed by atoms with Crippen molar-refractivity contribution in [3.8, 4) is 0 Å². The molecule has 1 aromatic rings. The van der Waals surface area contributed by atoms with Crippen molar-refractivity contribution in [2.45, 2.75) is 44.6 Å². The second-order valence-electron chi connectivity index (χ2n) is 8.20. The SMILES string of the molecule is O=C1/C(=C/c2ccc(/C=C3\C4CCC(C4)C3O)cc2)C2CCC1C2. The predicted octanol–water partition coefficient (Wildman–Crippen LogP) is 4.24. The maximum absolute atomic E-state index is 12.3. The van der Waals surface area contributed by atoms with E-state index in [9.17, 15) is 9.90 Å². The molecule has 1 aromatic carbocycles. The minimum atomic E-state index is -0.225. The van der Waals surface area contributed by atoms with Gasteiger partial charge in [-0.15, -0.1) is 0 Å². The van der Waals surface area contributed by atoms with Crippen molar-refractivity contribution < 1.29 is 9.90 Å². The molecule has 0 aromatic heterocycles. The Hall–Kier alpha value is -1.67. The first-order chi connectivity index (χ1) is 11.7. The van der Waals surface area contributed by atoms with Crippen LogP contribution in [0.15, 0.2) is 35.4 Å². The summed E-state index contributed by atoms with van der Waals surface area (Å²) in [4.78, 5) is 12.3. The van der Waals surface area contributed by atoms with E-state index in [0.717, 1.165) is 29.5 Å². The molecule has 24 heavy (non-hydrogen) atoms. The Balaban J connectivity index is 1.38. The second-order valence-corrected chi connectivity index (χ2v) is 8.20. The lowest BCUT2D eigenvalue weighted by molar-refractivity contribution is -0.118. The van der Waals surface area contributed by atoms with Gasteiger partial charge in [0.1, 0.15) is 0 Å². The number of fused-ring (bicyclic) bond motifs is 4. The highest BCUT2D eigenvalue weighted by Crippen LogP contribution is 2.49. The van der Waals surface area contributed by atoms with Gasteiger partial charge in [-0.2, -0.15) is 0 Å². The lowest BCUT2D eigenvalue weighted by atomic mass is 9.90. The zero-order valence-corrected chi connectivity index (χ0v) is 13.9. The van der Waals surface area contributed by atoms with Crippen molar-refractivity contribution >= 4 is 17.9 Å². The molecule has 0 radical (unpaired) electrons. The number of aliphatic hydroxyl groups is 1. The van der Waals surface area contributed by atoms with Crippen molar-refractivity contribution in [1.82, 2.24) is 0 Å². The van der Waals surface area contributed by atoms with E-state index in [4.69, 9.17) is 0 Å². The minimum Gasteiger partial charge on any atom is -0.388 e. The Bertz CT molecular complexity index is 736. The van der Waals surface area contributed by atoms with Crippen LogP contribution in [0.1, 0.15) is 49.7 Å². The van der Waals surface area contributed by atoms with Crippen molar-refractivity contribution in [3.05, 3.63) is 46.5 Å². The van der Waals surface area contributed by atoms with E-state index in [1.54, 1.807) is 0 Å². The van der Waals surface area contributed by atoms with Crippen molar-refractivity contribution in [1.29, 1.82) is 0 Å². The van der Waals surface area contributed by atoms with Crippen LogP contribution in [0.3, 0.4) is 0 Å². The van der Waals surface area contributed by atoms with Gasteiger partial charge in [0.25, 0.3) is 0 Å². The summed E-state index contributed by atoms with van der Waals surface area (Å²) in [6.45, 7) is 0. The van der Waals surface area contributed by atoms with E-state index in [0.29, 0.717) is 29.5 Å². The van der Waals surface area contributed by atoms with Gasteiger partial charge in [-0.3, -0.25) is 4.79 Å². The van der Waals surface area contributed by atoms with Gasteiger partial charge in [0, 0.05) is 5.92 Å². The molecule has 5 unspecified atom stereocenters. The molecule has 4 saturated carbocycles. The molecule has 0 aliphatic heterocycles.